The van der Waals surface area contributed by atoms with Crippen LogP contribution in [0.3, 0.4) is 0 Å². The number of fused-ring (bicyclic) bond motifs is 1. The predicted octanol–water partition coefficient (Wildman–Crippen LogP) is 2.44. The predicted molar refractivity (Wildman–Crippen MR) is 61.6 cm³/mol. The van der Waals surface area contributed by atoms with Crippen molar-refractivity contribution in [1.82, 2.24) is 15.0 Å². The van der Waals surface area contributed by atoms with E-state index in [-0.39, 0.29) is 6.04 Å². The van der Waals surface area contributed by atoms with Crippen LogP contribution in [0.4, 0.5) is 0 Å². The van der Waals surface area contributed by atoms with Crippen LogP contribution >= 0.6 is 11.6 Å². The van der Waals surface area contributed by atoms with E-state index in [0.717, 1.165) is 30.5 Å². The summed E-state index contributed by atoms with van der Waals surface area (Å²) in [7, 11) is 0. The maximum absolute atomic E-state index is 5.99. The fourth-order valence-corrected chi connectivity index (χ4v) is 2.26. The Kier molecular flexibility index (Phi) is 2.53. The third kappa shape index (κ3) is 1.68. The van der Waals surface area contributed by atoms with Crippen LogP contribution in [-0.4, -0.2) is 28.2 Å². The van der Waals surface area contributed by atoms with E-state index in [9.17, 15) is 0 Å². The van der Waals surface area contributed by atoms with Gasteiger partial charge in [-0.15, -0.1) is 5.10 Å². The Morgan fingerprint density at radius 1 is 1.44 bits per heavy atom. The molecule has 0 saturated carbocycles. The molecule has 1 atom stereocenters. The van der Waals surface area contributed by atoms with Crippen molar-refractivity contribution in [3.05, 3.63) is 23.2 Å². The highest BCUT2D eigenvalue weighted by atomic mass is 35.5. The maximum atomic E-state index is 5.99. The van der Waals surface area contributed by atoms with Gasteiger partial charge in [0.1, 0.15) is 5.52 Å². The Bertz CT molecular complexity index is 505. The summed E-state index contributed by atoms with van der Waals surface area (Å²) in [5.74, 6) is 0. The first kappa shape index (κ1) is 10.1. The molecule has 1 saturated heterocycles. The van der Waals surface area contributed by atoms with E-state index >= 15 is 0 Å². The molecule has 0 spiro atoms. The van der Waals surface area contributed by atoms with Crippen molar-refractivity contribution in [2.45, 2.75) is 18.9 Å². The molecule has 0 bridgehead atoms. The molecule has 16 heavy (non-hydrogen) atoms. The number of benzene rings is 1. The van der Waals surface area contributed by atoms with Gasteiger partial charge in [-0.05, 0) is 31.0 Å². The summed E-state index contributed by atoms with van der Waals surface area (Å²) in [6, 6.07) is 5.92. The Labute approximate surface area is 98.1 Å². The van der Waals surface area contributed by atoms with Gasteiger partial charge in [0.15, 0.2) is 0 Å². The highest BCUT2D eigenvalue weighted by molar-refractivity contribution is 6.31. The minimum Gasteiger partial charge on any atom is -0.379 e. The largest absolute Gasteiger partial charge is 0.379 e. The van der Waals surface area contributed by atoms with Crippen LogP contribution < -0.4 is 0 Å². The van der Waals surface area contributed by atoms with Gasteiger partial charge >= 0.3 is 0 Å². The molecule has 4 nitrogen and oxygen atoms in total. The number of rotatable bonds is 1. The number of hydrogen-bond donors (Lipinski definition) is 0. The summed E-state index contributed by atoms with van der Waals surface area (Å²) in [6.45, 7) is 1.56. The summed E-state index contributed by atoms with van der Waals surface area (Å²) in [5.41, 5.74) is 1.87. The van der Waals surface area contributed by atoms with E-state index < -0.39 is 0 Å². The first-order chi connectivity index (χ1) is 7.84. The standard InChI is InChI=1S/C11H12ClN3O/c12-8-3-4-10-11(6-8)15(14-13-10)9-2-1-5-16-7-9/h3-4,6,9H,1-2,5,7H2. The van der Waals surface area contributed by atoms with Crippen molar-refractivity contribution >= 4 is 22.6 Å². The molecule has 0 radical (unpaired) electrons. The van der Waals surface area contributed by atoms with Crippen molar-refractivity contribution in [3.63, 3.8) is 0 Å². The first-order valence-electron chi connectivity index (χ1n) is 5.43. The Morgan fingerprint density at radius 3 is 3.19 bits per heavy atom. The van der Waals surface area contributed by atoms with Crippen molar-refractivity contribution in [1.29, 1.82) is 0 Å². The van der Waals surface area contributed by atoms with E-state index in [0.29, 0.717) is 11.6 Å². The molecule has 2 aromatic rings. The Morgan fingerprint density at radius 2 is 2.38 bits per heavy atom. The molecule has 1 unspecified atom stereocenters. The van der Waals surface area contributed by atoms with Gasteiger partial charge < -0.3 is 4.74 Å². The summed E-state index contributed by atoms with van der Waals surface area (Å²) >= 11 is 5.99. The number of aromatic nitrogens is 3. The fraction of sp³-hybridized carbons (Fsp3) is 0.455. The monoisotopic (exact) mass is 237 g/mol. The lowest BCUT2D eigenvalue weighted by Crippen LogP contribution is -2.22. The number of ether oxygens (including phenoxy) is 1. The number of halogens is 1. The lowest BCUT2D eigenvalue weighted by atomic mass is 10.1. The smallest absolute Gasteiger partial charge is 0.113 e. The quantitative estimate of drug-likeness (QED) is 0.765. The number of hydrogen-bond acceptors (Lipinski definition) is 3. The summed E-state index contributed by atoms with van der Waals surface area (Å²) in [6.07, 6.45) is 2.16. The molecule has 84 valence electrons. The van der Waals surface area contributed by atoms with Crippen LogP contribution in [0.25, 0.3) is 11.0 Å². The van der Waals surface area contributed by atoms with Gasteiger partial charge in [0.05, 0.1) is 18.2 Å². The van der Waals surface area contributed by atoms with Gasteiger partial charge in [0.2, 0.25) is 0 Å². The van der Waals surface area contributed by atoms with E-state index in [1.165, 1.54) is 0 Å². The molecule has 1 aliphatic heterocycles. The SMILES string of the molecule is Clc1ccc2nnn(C3CCCOC3)c2c1. The van der Waals surface area contributed by atoms with E-state index in [4.69, 9.17) is 16.3 Å². The van der Waals surface area contributed by atoms with Crippen LogP contribution in [0, 0.1) is 0 Å². The fourth-order valence-electron chi connectivity index (χ4n) is 2.10. The molecule has 2 heterocycles. The van der Waals surface area contributed by atoms with Crippen LogP contribution in [-0.2, 0) is 4.74 Å². The minimum atomic E-state index is 0.289. The molecule has 0 N–H and O–H groups in total. The average molecular weight is 238 g/mol. The van der Waals surface area contributed by atoms with Crippen LogP contribution in [0.15, 0.2) is 18.2 Å². The minimum absolute atomic E-state index is 0.289. The molecule has 0 aliphatic carbocycles. The molecule has 1 aromatic heterocycles. The molecule has 1 fully saturated rings. The van der Waals surface area contributed by atoms with Gasteiger partial charge in [0.25, 0.3) is 0 Å². The Hall–Kier alpha value is -1.13. The third-order valence-corrected chi connectivity index (χ3v) is 3.15. The van der Waals surface area contributed by atoms with E-state index in [2.05, 4.69) is 10.3 Å². The van der Waals surface area contributed by atoms with Crippen LogP contribution in [0.1, 0.15) is 18.9 Å². The van der Waals surface area contributed by atoms with E-state index in [1.807, 2.05) is 22.9 Å². The second-order valence-electron chi connectivity index (χ2n) is 4.04. The zero-order valence-corrected chi connectivity index (χ0v) is 9.52. The third-order valence-electron chi connectivity index (χ3n) is 2.92. The second-order valence-corrected chi connectivity index (χ2v) is 4.47. The van der Waals surface area contributed by atoms with Gasteiger partial charge in [0, 0.05) is 11.6 Å². The molecule has 5 heteroatoms. The lowest BCUT2D eigenvalue weighted by Gasteiger charge is -2.22. The normalized spacial score (nSPS) is 21.4. The molecular formula is C11H12ClN3O. The van der Waals surface area contributed by atoms with Crippen molar-refractivity contribution < 1.29 is 4.74 Å². The highest BCUT2D eigenvalue weighted by Gasteiger charge is 2.19. The van der Waals surface area contributed by atoms with Crippen molar-refractivity contribution in [2.24, 2.45) is 0 Å². The molecule has 3 rings (SSSR count). The van der Waals surface area contributed by atoms with Gasteiger partial charge in [-0.25, -0.2) is 4.68 Å². The summed E-state index contributed by atoms with van der Waals surface area (Å²) < 4.78 is 7.39. The molecule has 0 amide bonds. The lowest BCUT2D eigenvalue weighted by molar-refractivity contribution is 0.0558. The average Bonchev–Trinajstić information content (AvgIpc) is 2.73. The van der Waals surface area contributed by atoms with Gasteiger partial charge in [-0.2, -0.15) is 0 Å². The van der Waals surface area contributed by atoms with E-state index in [1.54, 1.807) is 0 Å². The topological polar surface area (TPSA) is 39.9 Å². The molecular weight excluding hydrogens is 226 g/mol. The van der Waals surface area contributed by atoms with Crippen LogP contribution in [0.2, 0.25) is 5.02 Å². The number of nitrogens with zero attached hydrogens (tertiary/aromatic N) is 3. The molecule has 1 aromatic carbocycles. The Balaban J connectivity index is 2.05. The zero-order valence-electron chi connectivity index (χ0n) is 8.77. The maximum Gasteiger partial charge on any atom is 0.113 e. The first-order valence-corrected chi connectivity index (χ1v) is 5.80. The zero-order chi connectivity index (χ0) is 11.0. The molecule has 1 aliphatic rings. The summed E-state index contributed by atoms with van der Waals surface area (Å²) in [5, 5.41) is 9.04. The van der Waals surface area contributed by atoms with Gasteiger partial charge in [-0.3, -0.25) is 0 Å². The highest BCUT2D eigenvalue weighted by Crippen LogP contribution is 2.24. The van der Waals surface area contributed by atoms with Crippen LogP contribution in [0.5, 0.6) is 0 Å². The second kappa shape index (κ2) is 4.03. The van der Waals surface area contributed by atoms with Gasteiger partial charge in [-0.1, -0.05) is 16.8 Å². The summed E-state index contributed by atoms with van der Waals surface area (Å²) in [4.78, 5) is 0. The van der Waals surface area contributed by atoms with Crippen molar-refractivity contribution in [3.8, 4) is 0 Å². The van der Waals surface area contributed by atoms with Crippen molar-refractivity contribution in [2.75, 3.05) is 13.2 Å².